The molecule has 13 heavy (non-hydrogen) atoms. The zero-order chi connectivity index (χ0) is 10.0. The van der Waals surface area contributed by atoms with Crippen molar-refractivity contribution < 1.29 is 4.79 Å². The first-order valence-corrected chi connectivity index (χ1v) is 4.60. The molecule has 2 amide bonds. The molecule has 0 unspecified atom stereocenters. The molecule has 0 aliphatic heterocycles. The minimum Gasteiger partial charge on any atom is -0.350 e. The summed E-state index contributed by atoms with van der Waals surface area (Å²) in [5.74, 6) is 1.44. The summed E-state index contributed by atoms with van der Waals surface area (Å²) < 4.78 is 0. The lowest BCUT2D eigenvalue weighted by molar-refractivity contribution is 0.219. The third-order valence-corrected chi connectivity index (χ3v) is 2.55. The highest BCUT2D eigenvalue weighted by molar-refractivity contribution is 5.91. The molecule has 0 atom stereocenters. The van der Waals surface area contributed by atoms with Gasteiger partial charge >= 0.3 is 6.03 Å². The summed E-state index contributed by atoms with van der Waals surface area (Å²) in [7, 11) is 1.58. The predicted octanol–water partition coefficient (Wildman–Crippen LogP) is 1.42. The van der Waals surface area contributed by atoms with Gasteiger partial charge in [0, 0.05) is 12.8 Å². The molecule has 1 rings (SSSR count). The minimum absolute atomic E-state index is 0.500. The fourth-order valence-corrected chi connectivity index (χ4v) is 1.36. The number of carbonyl (C=O) groups excluding carboxylic acids is 1. The monoisotopic (exact) mass is 183 g/mol. The van der Waals surface area contributed by atoms with E-state index in [2.05, 4.69) is 18.9 Å². The largest absolute Gasteiger partial charge is 0.350 e. The highest BCUT2D eigenvalue weighted by Crippen LogP contribution is 2.31. The van der Waals surface area contributed by atoms with Crippen LogP contribution in [0, 0.1) is 11.8 Å². The van der Waals surface area contributed by atoms with Gasteiger partial charge in [-0.15, -0.1) is 0 Å². The molecule has 0 aromatic carbocycles. The van der Waals surface area contributed by atoms with E-state index >= 15 is 0 Å². The molecule has 4 nitrogen and oxygen atoms in total. The van der Waals surface area contributed by atoms with Crippen LogP contribution in [0.4, 0.5) is 4.79 Å². The second-order valence-electron chi connectivity index (χ2n) is 3.94. The summed E-state index contributed by atoms with van der Waals surface area (Å²) >= 11 is 0. The quantitative estimate of drug-likeness (QED) is 0.647. The van der Waals surface area contributed by atoms with Crippen molar-refractivity contribution in [2.45, 2.75) is 26.7 Å². The zero-order valence-corrected chi connectivity index (χ0v) is 8.45. The van der Waals surface area contributed by atoms with Crippen LogP contribution in [0.5, 0.6) is 0 Å². The number of carbonyl (C=O) groups is 1. The maximum atomic E-state index is 10.6. The van der Waals surface area contributed by atoms with Crippen molar-refractivity contribution >= 4 is 11.7 Å². The smallest absolute Gasteiger partial charge is 0.334 e. The van der Waals surface area contributed by atoms with Crippen molar-refractivity contribution in [1.29, 1.82) is 0 Å². The summed E-state index contributed by atoms with van der Waals surface area (Å²) in [6.45, 7) is 4.42. The van der Waals surface area contributed by atoms with Gasteiger partial charge in [0.15, 0.2) is 0 Å². The molecule has 0 aromatic heterocycles. The standard InChI is InChI=1S/C9H17N3O/c1-6(2)7-4-8(5-7)11-12(3)9(10)13/h6-7H,4-5H2,1-3H3,(H2,10,13). The van der Waals surface area contributed by atoms with Crippen molar-refractivity contribution in [1.82, 2.24) is 5.01 Å². The Kier molecular flexibility index (Phi) is 2.90. The molecule has 4 heteroatoms. The second kappa shape index (κ2) is 3.77. The van der Waals surface area contributed by atoms with E-state index in [0.717, 1.165) is 24.5 Å². The van der Waals surface area contributed by atoms with Crippen LogP contribution >= 0.6 is 0 Å². The minimum atomic E-state index is -0.500. The predicted molar refractivity (Wildman–Crippen MR) is 52.3 cm³/mol. The van der Waals surface area contributed by atoms with Crippen LogP contribution < -0.4 is 5.73 Å². The molecule has 0 saturated heterocycles. The molecule has 2 N–H and O–H groups in total. The van der Waals surface area contributed by atoms with E-state index in [1.54, 1.807) is 7.05 Å². The van der Waals surface area contributed by atoms with Gasteiger partial charge in [0.1, 0.15) is 0 Å². The lowest BCUT2D eigenvalue weighted by atomic mass is 9.76. The van der Waals surface area contributed by atoms with E-state index in [9.17, 15) is 4.79 Å². The molecule has 0 bridgehead atoms. The van der Waals surface area contributed by atoms with Gasteiger partial charge < -0.3 is 5.73 Å². The highest BCUT2D eigenvalue weighted by Gasteiger charge is 2.27. The summed E-state index contributed by atoms with van der Waals surface area (Å²) in [5.41, 5.74) is 6.12. The SMILES string of the molecule is CC(C)C1CC(=NN(C)C(N)=O)C1. The Labute approximate surface area is 78.8 Å². The molecule has 0 spiro atoms. The van der Waals surface area contributed by atoms with Crippen LogP contribution in [0.2, 0.25) is 0 Å². The fourth-order valence-electron chi connectivity index (χ4n) is 1.36. The van der Waals surface area contributed by atoms with Crippen LogP contribution in [0.25, 0.3) is 0 Å². The molecular formula is C9H17N3O. The van der Waals surface area contributed by atoms with Gasteiger partial charge in [-0.25, -0.2) is 9.80 Å². The average Bonchev–Trinajstić information content (AvgIpc) is 1.94. The Hall–Kier alpha value is -1.06. The number of amides is 2. The summed E-state index contributed by atoms with van der Waals surface area (Å²) in [5, 5.41) is 5.29. The van der Waals surface area contributed by atoms with Crippen molar-refractivity contribution in [3.63, 3.8) is 0 Å². The first-order valence-electron chi connectivity index (χ1n) is 4.60. The fraction of sp³-hybridized carbons (Fsp3) is 0.778. The Morgan fingerprint density at radius 1 is 1.62 bits per heavy atom. The molecule has 0 aromatic rings. The molecule has 1 aliphatic carbocycles. The highest BCUT2D eigenvalue weighted by atomic mass is 16.2. The lowest BCUT2D eigenvalue weighted by Crippen LogP contribution is -2.33. The number of nitrogens with two attached hydrogens (primary N) is 1. The maximum Gasteiger partial charge on any atom is 0.334 e. The molecule has 74 valence electrons. The summed E-state index contributed by atoms with van der Waals surface area (Å²) in [4.78, 5) is 10.6. The van der Waals surface area contributed by atoms with Gasteiger partial charge in [0.2, 0.25) is 0 Å². The summed E-state index contributed by atoms with van der Waals surface area (Å²) in [6.07, 6.45) is 2.02. The summed E-state index contributed by atoms with van der Waals surface area (Å²) in [6, 6.07) is -0.500. The van der Waals surface area contributed by atoms with Crippen molar-refractivity contribution in [2.24, 2.45) is 22.7 Å². The first kappa shape index (κ1) is 10.0. The number of primary amides is 1. The average molecular weight is 183 g/mol. The Balaban J connectivity index is 2.38. The number of nitrogens with zero attached hydrogens (tertiary/aromatic N) is 2. The van der Waals surface area contributed by atoms with E-state index < -0.39 is 6.03 Å². The van der Waals surface area contributed by atoms with Crippen molar-refractivity contribution in [3.8, 4) is 0 Å². The van der Waals surface area contributed by atoms with Gasteiger partial charge in [0.05, 0.1) is 0 Å². The lowest BCUT2D eigenvalue weighted by Gasteiger charge is -2.31. The third kappa shape index (κ3) is 2.44. The van der Waals surface area contributed by atoms with Crippen molar-refractivity contribution in [3.05, 3.63) is 0 Å². The van der Waals surface area contributed by atoms with E-state index in [-0.39, 0.29) is 0 Å². The number of urea groups is 1. The Morgan fingerprint density at radius 2 is 2.15 bits per heavy atom. The molecule has 1 aliphatic rings. The van der Waals surface area contributed by atoms with Crippen LogP contribution in [0.1, 0.15) is 26.7 Å². The molecule has 0 heterocycles. The normalized spacial score (nSPS) is 21.2. The molecule has 0 radical (unpaired) electrons. The topological polar surface area (TPSA) is 58.7 Å². The number of hydrazone groups is 1. The first-order chi connectivity index (χ1) is 6.00. The van der Waals surface area contributed by atoms with Crippen LogP contribution in [0.3, 0.4) is 0 Å². The number of hydrogen-bond acceptors (Lipinski definition) is 2. The van der Waals surface area contributed by atoms with E-state index in [0.29, 0.717) is 5.92 Å². The number of hydrogen-bond donors (Lipinski definition) is 1. The van der Waals surface area contributed by atoms with Gasteiger partial charge in [-0.2, -0.15) is 5.10 Å². The molecule has 1 fully saturated rings. The molecular weight excluding hydrogens is 166 g/mol. The van der Waals surface area contributed by atoms with Gasteiger partial charge in [-0.1, -0.05) is 13.8 Å². The molecule has 1 saturated carbocycles. The van der Waals surface area contributed by atoms with Gasteiger partial charge in [-0.05, 0) is 24.7 Å². The third-order valence-electron chi connectivity index (χ3n) is 2.55. The van der Waals surface area contributed by atoms with Crippen molar-refractivity contribution in [2.75, 3.05) is 7.05 Å². The van der Waals surface area contributed by atoms with Gasteiger partial charge in [0.25, 0.3) is 0 Å². The zero-order valence-electron chi connectivity index (χ0n) is 8.45. The van der Waals surface area contributed by atoms with Crippen LogP contribution in [0.15, 0.2) is 5.10 Å². The van der Waals surface area contributed by atoms with E-state index in [1.807, 2.05) is 0 Å². The van der Waals surface area contributed by atoms with Crippen LogP contribution in [-0.4, -0.2) is 23.8 Å². The van der Waals surface area contributed by atoms with Crippen LogP contribution in [-0.2, 0) is 0 Å². The van der Waals surface area contributed by atoms with Gasteiger partial charge in [-0.3, -0.25) is 0 Å². The number of rotatable bonds is 2. The van der Waals surface area contributed by atoms with E-state index in [4.69, 9.17) is 5.73 Å². The second-order valence-corrected chi connectivity index (χ2v) is 3.94. The Morgan fingerprint density at radius 3 is 2.54 bits per heavy atom. The van der Waals surface area contributed by atoms with E-state index in [1.165, 1.54) is 5.01 Å². The maximum absolute atomic E-state index is 10.6. The Bertz CT molecular complexity index is 227.